The number of hydrogen-bond donors (Lipinski definition) is 2. The number of fused-ring (bicyclic) bond motifs is 12. The highest BCUT2D eigenvalue weighted by Gasteiger charge is 2.43. The average Bonchev–Trinajstić information content (AvgIpc) is 3.78. The van der Waals surface area contributed by atoms with E-state index in [1.165, 1.54) is 0 Å². The third-order valence-electron chi connectivity index (χ3n) is 8.49. The van der Waals surface area contributed by atoms with Gasteiger partial charge in [0, 0.05) is 46.5 Å². The summed E-state index contributed by atoms with van der Waals surface area (Å²) in [5, 5.41) is 19.1. The molecule has 0 bridgehead atoms. The van der Waals surface area contributed by atoms with Crippen LogP contribution >= 0.6 is 0 Å². The molecule has 0 unspecified atom stereocenters. The van der Waals surface area contributed by atoms with Gasteiger partial charge in [0.25, 0.3) is 0 Å². The molecule has 0 saturated heterocycles. The lowest BCUT2D eigenvalue weighted by Gasteiger charge is -2.27. The fraction of sp³-hybridized carbons (Fsp3) is 0.250. The number of hydrogen-bond acceptors (Lipinski definition) is 10. The largest absolute Gasteiger partial charge is 0.508 e. The molecule has 0 spiro atoms. The first-order chi connectivity index (χ1) is 20.6. The topological polar surface area (TPSA) is 146 Å². The lowest BCUT2D eigenvalue weighted by Crippen LogP contribution is -2.23. The van der Waals surface area contributed by atoms with Gasteiger partial charge in [-0.3, -0.25) is 0 Å². The SMILES string of the molecule is O.Oc1ccc2c(c1)OC[C@H]1c3cc4c(cc3O[C@@H]21)OCO4.Oc1ccc2c(c1)OC[C@H]1c3cc4c(cc3O[C@@H]21)OCO4. The van der Waals surface area contributed by atoms with Crippen LogP contribution in [0.15, 0.2) is 60.7 Å². The molecule has 10 rings (SSSR count). The molecular weight excluding hydrogens is 560 g/mol. The van der Waals surface area contributed by atoms with Crippen LogP contribution < -0.4 is 37.9 Å². The van der Waals surface area contributed by atoms with Crippen LogP contribution in [0.3, 0.4) is 0 Å². The van der Waals surface area contributed by atoms with E-state index >= 15 is 0 Å². The molecule has 4 aromatic rings. The van der Waals surface area contributed by atoms with Crippen LogP contribution in [0.25, 0.3) is 0 Å². The van der Waals surface area contributed by atoms with Gasteiger partial charge in [-0.15, -0.1) is 0 Å². The highest BCUT2D eigenvalue weighted by Crippen LogP contribution is 2.56. The summed E-state index contributed by atoms with van der Waals surface area (Å²) >= 11 is 0. The van der Waals surface area contributed by atoms with E-state index in [0.717, 1.165) is 56.8 Å². The predicted molar refractivity (Wildman–Crippen MR) is 148 cm³/mol. The van der Waals surface area contributed by atoms with Crippen molar-refractivity contribution in [1.82, 2.24) is 0 Å². The molecule has 0 amide bonds. The summed E-state index contributed by atoms with van der Waals surface area (Å²) in [5.74, 6) is 6.62. The van der Waals surface area contributed by atoms with E-state index < -0.39 is 0 Å². The molecule has 6 aliphatic heterocycles. The Morgan fingerprint density at radius 3 is 1.30 bits per heavy atom. The van der Waals surface area contributed by atoms with Gasteiger partial charge in [-0.2, -0.15) is 0 Å². The lowest BCUT2D eigenvalue weighted by atomic mass is 9.89. The van der Waals surface area contributed by atoms with Crippen molar-refractivity contribution >= 4 is 0 Å². The van der Waals surface area contributed by atoms with Gasteiger partial charge in [0.05, 0.1) is 25.0 Å². The molecule has 0 radical (unpaired) electrons. The summed E-state index contributed by atoms with van der Waals surface area (Å²) in [6, 6.07) is 18.0. The second-order valence-corrected chi connectivity index (χ2v) is 10.8. The van der Waals surface area contributed by atoms with E-state index in [0.29, 0.717) is 24.7 Å². The van der Waals surface area contributed by atoms with Crippen LogP contribution in [0.2, 0.25) is 0 Å². The predicted octanol–water partition coefficient (Wildman–Crippen LogP) is 4.64. The minimum atomic E-state index is -0.0909. The third-order valence-corrected chi connectivity index (χ3v) is 8.49. The van der Waals surface area contributed by atoms with Crippen molar-refractivity contribution in [2.45, 2.75) is 24.0 Å². The summed E-state index contributed by atoms with van der Waals surface area (Å²) in [7, 11) is 0. The van der Waals surface area contributed by atoms with Crippen molar-refractivity contribution in [3.8, 4) is 57.5 Å². The van der Waals surface area contributed by atoms with Gasteiger partial charge in [0.1, 0.15) is 46.7 Å². The quantitative estimate of drug-likeness (QED) is 0.299. The average molecular weight is 587 g/mol. The molecule has 43 heavy (non-hydrogen) atoms. The number of phenolic OH excluding ortho intramolecular Hbond substituents is 2. The number of rotatable bonds is 0. The summed E-state index contributed by atoms with van der Waals surface area (Å²) in [4.78, 5) is 0. The molecule has 4 N–H and O–H groups in total. The van der Waals surface area contributed by atoms with E-state index in [1.807, 2.05) is 36.4 Å². The van der Waals surface area contributed by atoms with Crippen molar-refractivity contribution in [2.75, 3.05) is 26.8 Å². The van der Waals surface area contributed by atoms with Gasteiger partial charge in [-0.05, 0) is 36.4 Å². The number of phenols is 2. The molecule has 11 nitrogen and oxygen atoms in total. The fourth-order valence-corrected chi connectivity index (χ4v) is 6.47. The van der Waals surface area contributed by atoms with Gasteiger partial charge in [0.2, 0.25) is 13.6 Å². The van der Waals surface area contributed by atoms with Crippen LogP contribution in [0.4, 0.5) is 0 Å². The summed E-state index contributed by atoms with van der Waals surface area (Å²) in [6.45, 7) is 1.55. The fourth-order valence-electron chi connectivity index (χ4n) is 6.47. The van der Waals surface area contributed by atoms with Gasteiger partial charge < -0.3 is 53.6 Å². The Kier molecular flexibility index (Phi) is 5.60. The highest BCUT2D eigenvalue weighted by atomic mass is 16.7. The van der Waals surface area contributed by atoms with Crippen molar-refractivity contribution in [2.24, 2.45) is 0 Å². The van der Waals surface area contributed by atoms with Gasteiger partial charge in [0.15, 0.2) is 23.0 Å². The zero-order chi connectivity index (χ0) is 27.9. The Hall–Kier alpha value is -5.16. The molecule has 0 saturated carbocycles. The van der Waals surface area contributed by atoms with Crippen molar-refractivity contribution in [3.05, 3.63) is 82.9 Å². The maximum atomic E-state index is 9.56. The first-order valence-corrected chi connectivity index (χ1v) is 13.7. The zero-order valence-electron chi connectivity index (χ0n) is 22.6. The van der Waals surface area contributed by atoms with E-state index in [4.69, 9.17) is 37.9 Å². The standard InChI is InChI=1S/2C16H12O5.H2O/c2*17-8-1-2-9-12(3-8)18-6-11-10-4-14-15(20-7-19-14)5-13(10)21-16(9)11;/h2*1-5,11,16-17H,6-7H2;1H2/t2*11-,16-;/m00./s1. The smallest absolute Gasteiger partial charge is 0.231 e. The highest BCUT2D eigenvalue weighted by molar-refractivity contribution is 5.59. The molecule has 0 fully saturated rings. The second kappa shape index (κ2) is 9.43. The van der Waals surface area contributed by atoms with Crippen LogP contribution in [0, 0.1) is 0 Å². The molecular formula is C32H26O11. The van der Waals surface area contributed by atoms with Crippen molar-refractivity contribution < 1.29 is 53.6 Å². The lowest BCUT2D eigenvalue weighted by molar-refractivity contribution is 0.138. The maximum absolute atomic E-state index is 9.56. The monoisotopic (exact) mass is 586 g/mol. The minimum Gasteiger partial charge on any atom is -0.508 e. The van der Waals surface area contributed by atoms with E-state index in [9.17, 15) is 10.2 Å². The summed E-state index contributed by atoms with van der Waals surface area (Å²) in [5.41, 5.74) is 4.09. The normalized spacial score (nSPS) is 23.1. The van der Waals surface area contributed by atoms with Gasteiger partial charge >= 0.3 is 0 Å². The van der Waals surface area contributed by atoms with Crippen LogP contribution in [0.5, 0.6) is 57.5 Å². The Morgan fingerprint density at radius 2 is 0.860 bits per heavy atom. The van der Waals surface area contributed by atoms with Crippen LogP contribution in [-0.4, -0.2) is 42.5 Å². The molecule has 0 aromatic heterocycles. The second-order valence-electron chi connectivity index (χ2n) is 10.8. The van der Waals surface area contributed by atoms with Crippen LogP contribution in [-0.2, 0) is 0 Å². The van der Waals surface area contributed by atoms with Gasteiger partial charge in [-0.1, -0.05) is 0 Å². The number of ether oxygens (including phenoxy) is 8. The first kappa shape index (κ1) is 25.5. The van der Waals surface area contributed by atoms with Crippen molar-refractivity contribution in [3.63, 3.8) is 0 Å². The maximum Gasteiger partial charge on any atom is 0.231 e. The molecule has 6 aliphatic rings. The minimum absolute atomic E-state index is 0. The Balaban J connectivity index is 0.000000126. The van der Waals surface area contributed by atoms with E-state index in [1.54, 1.807) is 24.3 Å². The summed E-state index contributed by atoms with van der Waals surface area (Å²) in [6.07, 6.45) is -0.182. The van der Waals surface area contributed by atoms with Crippen molar-refractivity contribution in [1.29, 1.82) is 0 Å². The molecule has 4 atom stereocenters. The summed E-state index contributed by atoms with van der Waals surface area (Å²) < 4.78 is 45.4. The Morgan fingerprint density at radius 1 is 0.442 bits per heavy atom. The molecule has 4 aromatic carbocycles. The molecule has 11 heteroatoms. The van der Waals surface area contributed by atoms with E-state index in [-0.39, 0.29) is 54.6 Å². The molecule has 0 aliphatic carbocycles. The number of benzene rings is 4. The third kappa shape index (κ3) is 3.92. The van der Waals surface area contributed by atoms with E-state index in [2.05, 4.69) is 0 Å². The first-order valence-electron chi connectivity index (χ1n) is 13.7. The Labute approximate surface area is 244 Å². The van der Waals surface area contributed by atoms with Crippen LogP contribution in [0.1, 0.15) is 46.3 Å². The molecule has 220 valence electrons. The number of aromatic hydroxyl groups is 2. The zero-order valence-corrected chi connectivity index (χ0v) is 22.6. The van der Waals surface area contributed by atoms with Gasteiger partial charge in [-0.25, -0.2) is 0 Å². The Bertz CT molecular complexity index is 1640. The molecule has 6 heterocycles.